The van der Waals surface area contributed by atoms with Crippen molar-refractivity contribution in [3.05, 3.63) is 82.9 Å². The summed E-state index contributed by atoms with van der Waals surface area (Å²) in [6.45, 7) is 2.58. The van der Waals surface area contributed by atoms with Crippen LogP contribution >= 0.6 is 11.6 Å². The number of phenolic OH excluding ortho intramolecular Hbond substituents is 1. The van der Waals surface area contributed by atoms with E-state index in [1.165, 1.54) is 0 Å². The van der Waals surface area contributed by atoms with Crippen LogP contribution in [0.15, 0.2) is 66.7 Å². The minimum Gasteiger partial charge on any atom is -0.508 e. The van der Waals surface area contributed by atoms with Crippen molar-refractivity contribution in [1.29, 1.82) is 0 Å². The summed E-state index contributed by atoms with van der Waals surface area (Å²) in [6, 6.07) is 21.1. The van der Waals surface area contributed by atoms with Crippen molar-refractivity contribution in [1.82, 2.24) is 4.98 Å². The van der Waals surface area contributed by atoms with E-state index in [2.05, 4.69) is 30.4 Å². The Bertz CT molecular complexity index is 1190. The molecule has 0 aliphatic rings. The van der Waals surface area contributed by atoms with Gasteiger partial charge in [0.25, 0.3) is 0 Å². The van der Waals surface area contributed by atoms with Crippen LogP contribution in [0.5, 0.6) is 11.5 Å². The zero-order valence-electron chi connectivity index (χ0n) is 16.2. The summed E-state index contributed by atoms with van der Waals surface area (Å²) in [5, 5.41) is 15.0. The number of hydrogen-bond acceptors (Lipinski definition) is 4. The Morgan fingerprint density at radius 2 is 1.83 bits per heavy atom. The van der Waals surface area contributed by atoms with Gasteiger partial charge >= 0.3 is 0 Å². The molecular weight excluding hydrogens is 396 g/mol. The molecule has 0 spiro atoms. The third-order valence-corrected chi connectivity index (χ3v) is 5.19. The van der Waals surface area contributed by atoms with E-state index in [1.807, 2.05) is 36.4 Å². The molecule has 4 rings (SSSR count). The molecule has 0 bridgehead atoms. The molecule has 1 heterocycles. The summed E-state index contributed by atoms with van der Waals surface area (Å²) in [5.41, 5.74) is 5.59. The second kappa shape index (κ2) is 9.06. The van der Waals surface area contributed by atoms with Crippen LogP contribution in [0.4, 0.5) is 5.69 Å². The first-order valence-corrected chi connectivity index (χ1v) is 9.69. The second-order valence-corrected chi connectivity index (χ2v) is 7.30. The zero-order valence-corrected chi connectivity index (χ0v) is 17.0. The number of nitrogens with zero attached hydrogens (tertiary/aromatic N) is 1. The molecule has 5 heteroatoms. The Balaban J connectivity index is 0.00000256. The topological polar surface area (TPSA) is 54.4 Å². The van der Waals surface area contributed by atoms with Crippen LogP contribution in [0.25, 0.3) is 22.2 Å². The molecule has 2 N–H and O–H groups in total. The highest BCUT2D eigenvalue weighted by molar-refractivity contribution is 6.33. The number of para-hydroxylation sites is 1. The first kappa shape index (κ1) is 21.5. The van der Waals surface area contributed by atoms with E-state index >= 15 is 0 Å². The molecule has 0 aliphatic carbocycles. The molecule has 154 valence electrons. The number of rotatable bonds is 5. The van der Waals surface area contributed by atoms with Crippen molar-refractivity contribution in [3.63, 3.8) is 0 Å². The number of phenols is 1. The molecule has 0 atom stereocenters. The van der Waals surface area contributed by atoms with Crippen molar-refractivity contribution in [2.75, 3.05) is 12.4 Å². The minimum atomic E-state index is 0. The van der Waals surface area contributed by atoms with Gasteiger partial charge in [0.1, 0.15) is 11.5 Å². The van der Waals surface area contributed by atoms with E-state index in [0.717, 1.165) is 39.0 Å². The van der Waals surface area contributed by atoms with Gasteiger partial charge < -0.3 is 15.2 Å². The fraction of sp³-hybridized carbons (Fsp3) is 0.160. The standard InChI is InChI=1S/C24H21ClN2O2.CH4/c1-15-6-5-7-16-10-17(14-26-18-11-19(28)13-20(12-18)29-2)24(27-23(15)16)21-8-3-4-9-22(21)25;/h3-13,26,28H,14H2,1-2H3;1H4. The predicted octanol–water partition coefficient (Wildman–Crippen LogP) is 6.83. The van der Waals surface area contributed by atoms with E-state index in [0.29, 0.717) is 17.3 Å². The number of halogens is 1. The molecular formula is C25H25ClN2O2. The first-order chi connectivity index (χ1) is 14.0. The summed E-state index contributed by atoms with van der Waals surface area (Å²) < 4.78 is 5.24. The van der Waals surface area contributed by atoms with Crippen molar-refractivity contribution >= 4 is 28.2 Å². The van der Waals surface area contributed by atoms with Crippen LogP contribution in [0.1, 0.15) is 18.6 Å². The summed E-state index contributed by atoms with van der Waals surface area (Å²) in [4.78, 5) is 4.97. The smallest absolute Gasteiger partial charge is 0.124 e. The molecule has 30 heavy (non-hydrogen) atoms. The Hall–Kier alpha value is -3.24. The average molecular weight is 421 g/mol. The van der Waals surface area contributed by atoms with Crippen LogP contribution in [-0.4, -0.2) is 17.2 Å². The van der Waals surface area contributed by atoms with Crippen LogP contribution in [0.3, 0.4) is 0 Å². The van der Waals surface area contributed by atoms with Gasteiger partial charge in [0, 0.05) is 46.4 Å². The molecule has 0 radical (unpaired) electrons. The SMILES string of the molecule is C.COc1cc(O)cc(NCc2cc3cccc(C)c3nc2-c2ccccc2Cl)c1. The molecule has 0 aliphatic heterocycles. The highest BCUT2D eigenvalue weighted by Gasteiger charge is 2.13. The van der Waals surface area contributed by atoms with E-state index in [9.17, 15) is 5.11 Å². The normalized spacial score (nSPS) is 10.5. The third kappa shape index (κ3) is 4.34. The van der Waals surface area contributed by atoms with Crippen molar-refractivity contribution in [3.8, 4) is 22.8 Å². The monoisotopic (exact) mass is 420 g/mol. The molecule has 0 fully saturated rings. The molecule has 4 aromatic rings. The molecule has 1 aromatic heterocycles. The Morgan fingerprint density at radius 3 is 2.60 bits per heavy atom. The molecule has 0 unspecified atom stereocenters. The quantitative estimate of drug-likeness (QED) is 0.371. The van der Waals surface area contributed by atoms with Crippen LogP contribution in [0, 0.1) is 6.92 Å². The molecule has 0 amide bonds. The van der Waals surface area contributed by atoms with Crippen LogP contribution < -0.4 is 10.1 Å². The third-order valence-electron chi connectivity index (χ3n) is 4.87. The fourth-order valence-corrected chi connectivity index (χ4v) is 3.64. The molecule has 0 saturated heterocycles. The Kier molecular flexibility index (Phi) is 6.48. The van der Waals surface area contributed by atoms with Crippen molar-refractivity contribution < 1.29 is 9.84 Å². The van der Waals surface area contributed by atoms with Gasteiger partial charge in [-0.25, -0.2) is 4.98 Å². The van der Waals surface area contributed by atoms with E-state index < -0.39 is 0 Å². The maximum absolute atomic E-state index is 9.91. The number of pyridine rings is 1. The van der Waals surface area contributed by atoms with E-state index in [-0.39, 0.29) is 13.2 Å². The highest BCUT2D eigenvalue weighted by Crippen LogP contribution is 2.33. The van der Waals surface area contributed by atoms with E-state index in [4.69, 9.17) is 21.3 Å². The zero-order chi connectivity index (χ0) is 20.4. The van der Waals surface area contributed by atoms with Gasteiger partial charge in [-0.2, -0.15) is 0 Å². The van der Waals surface area contributed by atoms with E-state index in [1.54, 1.807) is 19.2 Å². The summed E-state index contributed by atoms with van der Waals surface area (Å²) >= 11 is 6.49. The summed E-state index contributed by atoms with van der Waals surface area (Å²) in [5.74, 6) is 0.733. The predicted molar refractivity (Wildman–Crippen MR) is 126 cm³/mol. The van der Waals surface area contributed by atoms with Crippen LogP contribution in [-0.2, 0) is 6.54 Å². The summed E-state index contributed by atoms with van der Waals surface area (Å²) in [7, 11) is 1.57. The molecule has 4 nitrogen and oxygen atoms in total. The maximum atomic E-state index is 9.91. The maximum Gasteiger partial charge on any atom is 0.124 e. The number of ether oxygens (including phenoxy) is 1. The minimum absolute atomic E-state index is 0. The van der Waals surface area contributed by atoms with Gasteiger partial charge in [-0.15, -0.1) is 0 Å². The number of nitrogens with one attached hydrogen (secondary N) is 1. The van der Waals surface area contributed by atoms with Gasteiger partial charge in [0.05, 0.1) is 18.3 Å². The van der Waals surface area contributed by atoms with Crippen LogP contribution in [0.2, 0.25) is 5.02 Å². The average Bonchev–Trinajstić information content (AvgIpc) is 2.72. The highest BCUT2D eigenvalue weighted by atomic mass is 35.5. The molecule has 0 saturated carbocycles. The first-order valence-electron chi connectivity index (χ1n) is 9.31. The van der Waals surface area contributed by atoms with Gasteiger partial charge in [0.2, 0.25) is 0 Å². The number of hydrogen-bond donors (Lipinski definition) is 2. The number of benzene rings is 3. The lowest BCUT2D eigenvalue weighted by Gasteiger charge is -2.15. The lowest BCUT2D eigenvalue weighted by molar-refractivity contribution is 0.408. The lowest BCUT2D eigenvalue weighted by Crippen LogP contribution is -2.04. The Labute approximate surface area is 182 Å². The largest absolute Gasteiger partial charge is 0.508 e. The lowest BCUT2D eigenvalue weighted by atomic mass is 10.0. The van der Waals surface area contributed by atoms with Gasteiger partial charge in [-0.1, -0.05) is 55.4 Å². The van der Waals surface area contributed by atoms with Gasteiger partial charge in [-0.05, 0) is 30.2 Å². The number of fused-ring (bicyclic) bond motifs is 1. The van der Waals surface area contributed by atoms with Crippen molar-refractivity contribution in [2.45, 2.75) is 20.9 Å². The number of methoxy groups -OCH3 is 1. The second-order valence-electron chi connectivity index (χ2n) is 6.90. The number of anilines is 1. The fourth-order valence-electron chi connectivity index (χ4n) is 3.41. The van der Waals surface area contributed by atoms with Crippen molar-refractivity contribution in [2.24, 2.45) is 0 Å². The number of aromatic nitrogens is 1. The number of aryl methyl sites for hydroxylation is 1. The number of aromatic hydroxyl groups is 1. The summed E-state index contributed by atoms with van der Waals surface area (Å²) in [6.07, 6.45) is 0. The van der Waals surface area contributed by atoms with Gasteiger partial charge in [0.15, 0.2) is 0 Å². The van der Waals surface area contributed by atoms with Gasteiger partial charge in [-0.3, -0.25) is 0 Å². The molecule has 3 aromatic carbocycles. The Morgan fingerprint density at radius 1 is 1.03 bits per heavy atom.